The Morgan fingerprint density at radius 2 is 2.19 bits per heavy atom. The third-order valence-electron chi connectivity index (χ3n) is 7.13. The van der Waals surface area contributed by atoms with Gasteiger partial charge in [-0.3, -0.25) is 9.69 Å². The first kappa shape index (κ1) is 18.0. The number of fused-ring (bicyclic) bond motifs is 1. The van der Waals surface area contributed by atoms with Gasteiger partial charge in [0.25, 0.3) is 0 Å². The molecule has 2 aliphatic carbocycles. The van der Waals surface area contributed by atoms with Crippen LogP contribution in [0.3, 0.4) is 0 Å². The molecule has 1 aromatic heterocycles. The van der Waals surface area contributed by atoms with Gasteiger partial charge in [0, 0.05) is 18.5 Å². The van der Waals surface area contributed by atoms with Crippen molar-refractivity contribution in [2.75, 3.05) is 6.54 Å². The number of carbonyl (C=O) groups is 1. The van der Waals surface area contributed by atoms with Gasteiger partial charge in [0.15, 0.2) is 0 Å². The van der Waals surface area contributed by atoms with E-state index >= 15 is 0 Å². The Bertz CT molecular complexity index is 657. The first-order valence-corrected chi connectivity index (χ1v) is 10.5. The van der Waals surface area contributed by atoms with Crippen molar-refractivity contribution in [2.24, 2.45) is 11.8 Å². The Labute approximate surface area is 156 Å². The number of carbonyl (C=O) groups excluding carboxylic acids is 1. The number of likely N-dealkylation sites (tertiary alicyclic amines) is 1. The Balaban J connectivity index is 1.47. The van der Waals surface area contributed by atoms with Crippen molar-refractivity contribution in [2.45, 2.75) is 89.8 Å². The summed E-state index contributed by atoms with van der Waals surface area (Å²) in [4.78, 5) is 20.0. The van der Waals surface area contributed by atoms with Gasteiger partial charge in [-0.1, -0.05) is 19.8 Å². The normalized spacial score (nSPS) is 36.0. The summed E-state index contributed by atoms with van der Waals surface area (Å²) >= 11 is 0. The highest BCUT2D eigenvalue weighted by atomic mass is 16.4. The molecule has 1 amide bonds. The van der Waals surface area contributed by atoms with Gasteiger partial charge in [0.05, 0.1) is 17.8 Å². The van der Waals surface area contributed by atoms with Crippen molar-refractivity contribution in [1.29, 1.82) is 0 Å². The van der Waals surface area contributed by atoms with Crippen LogP contribution in [0, 0.1) is 18.8 Å². The Morgan fingerprint density at radius 1 is 1.35 bits per heavy atom. The highest BCUT2D eigenvalue weighted by Gasteiger charge is 2.53. The van der Waals surface area contributed by atoms with E-state index in [2.05, 4.69) is 29.0 Å². The summed E-state index contributed by atoms with van der Waals surface area (Å²) in [6.45, 7) is 7.42. The van der Waals surface area contributed by atoms with Crippen LogP contribution in [0.1, 0.15) is 82.9 Å². The molecule has 0 aromatic carbocycles. The van der Waals surface area contributed by atoms with Gasteiger partial charge in [-0.15, -0.1) is 0 Å². The van der Waals surface area contributed by atoms with Crippen molar-refractivity contribution in [3.8, 4) is 0 Å². The molecule has 2 saturated carbocycles. The first-order valence-electron chi connectivity index (χ1n) is 10.5. The van der Waals surface area contributed by atoms with Crippen molar-refractivity contribution in [1.82, 2.24) is 15.2 Å². The van der Waals surface area contributed by atoms with E-state index in [0.29, 0.717) is 17.9 Å². The lowest BCUT2D eigenvalue weighted by Gasteiger charge is -2.37. The Kier molecular flexibility index (Phi) is 4.84. The zero-order valence-corrected chi connectivity index (χ0v) is 16.5. The fourth-order valence-corrected chi connectivity index (χ4v) is 5.71. The number of hydrogen-bond acceptors (Lipinski definition) is 4. The maximum Gasteiger partial charge on any atom is 0.223 e. The number of hydrogen-bond donors (Lipinski definition) is 1. The van der Waals surface area contributed by atoms with Gasteiger partial charge >= 0.3 is 0 Å². The largest absolute Gasteiger partial charge is 0.444 e. The molecular formula is C21H33N3O2. The fourth-order valence-electron chi connectivity index (χ4n) is 5.71. The molecule has 4 rings (SSSR count). The molecule has 5 unspecified atom stereocenters. The lowest BCUT2D eigenvalue weighted by Crippen LogP contribution is -2.55. The quantitative estimate of drug-likeness (QED) is 0.883. The second kappa shape index (κ2) is 6.99. The maximum absolute atomic E-state index is 13.0. The zero-order valence-electron chi connectivity index (χ0n) is 16.5. The van der Waals surface area contributed by atoms with E-state index in [1.54, 1.807) is 6.20 Å². The minimum absolute atomic E-state index is 0.0341. The van der Waals surface area contributed by atoms with Crippen molar-refractivity contribution < 1.29 is 9.21 Å². The fraction of sp³-hybridized carbons (Fsp3) is 0.810. The molecule has 0 radical (unpaired) electrons. The Hall–Kier alpha value is -1.36. The van der Waals surface area contributed by atoms with Crippen LogP contribution in [-0.2, 0) is 4.79 Å². The number of aryl methyl sites for hydroxylation is 1. The molecule has 2 heterocycles. The molecule has 1 N–H and O–H groups in total. The lowest BCUT2D eigenvalue weighted by molar-refractivity contribution is -0.128. The van der Waals surface area contributed by atoms with Gasteiger partial charge in [0.2, 0.25) is 11.8 Å². The highest BCUT2D eigenvalue weighted by Crippen LogP contribution is 2.45. The summed E-state index contributed by atoms with van der Waals surface area (Å²) < 4.78 is 5.79. The van der Waals surface area contributed by atoms with E-state index in [9.17, 15) is 4.79 Å². The third-order valence-corrected chi connectivity index (χ3v) is 7.13. The van der Waals surface area contributed by atoms with Gasteiger partial charge < -0.3 is 9.73 Å². The summed E-state index contributed by atoms with van der Waals surface area (Å²) in [5.74, 6) is 2.88. The predicted molar refractivity (Wildman–Crippen MR) is 101 cm³/mol. The second-order valence-electron chi connectivity index (χ2n) is 9.00. The SMILES string of the molecule is Cc1cnc(C(C)N2CCC3(NC(=O)C4CCCC(C)C4)CCCC23)o1. The summed E-state index contributed by atoms with van der Waals surface area (Å²) in [7, 11) is 0. The molecule has 0 spiro atoms. The van der Waals surface area contributed by atoms with E-state index in [-0.39, 0.29) is 17.5 Å². The average molecular weight is 360 g/mol. The van der Waals surface area contributed by atoms with E-state index in [1.807, 2.05) is 6.92 Å². The lowest BCUT2D eigenvalue weighted by atomic mass is 9.81. The van der Waals surface area contributed by atoms with Crippen LogP contribution in [-0.4, -0.2) is 33.9 Å². The molecule has 5 nitrogen and oxygen atoms in total. The molecule has 0 bridgehead atoms. The third kappa shape index (κ3) is 3.19. The standard InChI is InChI=1S/C21H33N3O2/c1-14-6-4-7-17(12-14)19(25)23-21-9-5-8-18(21)24(11-10-21)16(3)20-22-13-15(2)26-20/h13-14,16-18H,4-12H2,1-3H3,(H,23,25). The minimum Gasteiger partial charge on any atom is -0.444 e. The molecule has 1 aliphatic heterocycles. The predicted octanol–water partition coefficient (Wildman–Crippen LogP) is 3.98. The van der Waals surface area contributed by atoms with Crippen LogP contribution in [0.25, 0.3) is 0 Å². The van der Waals surface area contributed by atoms with E-state index in [1.165, 1.54) is 19.3 Å². The minimum atomic E-state index is -0.0341. The second-order valence-corrected chi connectivity index (χ2v) is 9.00. The molecular weight excluding hydrogens is 326 g/mol. The van der Waals surface area contributed by atoms with Gasteiger partial charge in [0.1, 0.15) is 5.76 Å². The van der Waals surface area contributed by atoms with Crippen molar-refractivity contribution >= 4 is 5.91 Å². The van der Waals surface area contributed by atoms with Crippen molar-refractivity contribution in [3.05, 3.63) is 17.8 Å². The van der Waals surface area contributed by atoms with Crippen LogP contribution < -0.4 is 5.32 Å². The van der Waals surface area contributed by atoms with Gasteiger partial charge in [-0.2, -0.15) is 0 Å². The number of rotatable bonds is 4. The van der Waals surface area contributed by atoms with E-state index < -0.39 is 0 Å². The van der Waals surface area contributed by atoms with Crippen LogP contribution in [0.4, 0.5) is 0 Å². The maximum atomic E-state index is 13.0. The zero-order chi connectivity index (χ0) is 18.3. The van der Waals surface area contributed by atoms with Crippen molar-refractivity contribution in [3.63, 3.8) is 0 Å². The van der Waals surface area contributed by atoms with Gasteiger partial charge in [-0.25, -0.2) is 4.98 Å². The average Bonchev–Trinajstić information content (AvgIpc) is 3.29. The van der Waals surface area contributed by atoms with Crippen LogP contribution >= 0.6 is 0 Å². The molecule has 144 valence electrons. The summed E-state index contributed by atoms with van der Waals surface area (Å²) in [5.41, 5.74) is -0.0341. The van der Waals surface area contributed by atoms with E-state index in [4.69, 9.17) is 4.42 Å². The summed E-state index contributed by atoms with van der Waals surface area (Å²) in [5, 5.41) is 3.55. The summed E-state index contributed by atoms with van der Waals surface area (Å²) in [6.07, 6.45) is 10.9. The molecule has 1 saturated heterocycles. The van der Waals surface area contributed by atoms with Crippen LogP contribution in [0.5, 0.6) is 0 Å². The topological polar surface area (TPSA) is 58.4 Å². The molecule has 1 aromatic rings. The number of nitrogens with zero attached hydrogens (tertiary/aromatic N) is 2. The number of aromatic nitrogens is 1. The number of nitrogens with one attached hydrogen (secondary N) is 1. The molecule has 3 fully saturated rings. The molecule has 5 atom stereocenters. The van der Waals surface area contributed by atoms with E-state index in [0.717, 1.165) is 50.3 Å². The monoisotopic (exact) mass is 359 g/mol. The van der Waals surface area contributed by atoms with Crippen LogP contribution in [0.2, 0.25) is 0 Å². The molecule has 26 heavy (non-hydrogen) atoms. The van der Waals surface area contributed by atoms with Crippen LogP contribution in [0.15, 0.2) is 10.6 Å². The highest BCUT2D eigenvalue weighted by molar-refractivity contribution is 5.79. The Morgan fingerprint density at radius 3 is 2.92 bits per heavy atom. The number of amides is 1. The molecule has 3 aliphatic rings. The van der Waals surface area contributed by atoms with Gasteiger partial charge in [-0.05, 0) is 58.3 Å². The number of oxazole rings is 1. The first-order chi connectivity index (χ1) is 12.5. The summed E-state index contributed by atoms with van der Waals surface area (Å²) in [6, 6.07) is 0.579. The smallest absolute Gasteiger partial charge is 0.223 e. The molecule has 5 heteroatoms.